The average Bonchev–Trinajstić information content (AvgIpc) is 3.10. The molecule has 1 N–H and O–H groups in total. The molecule has 3 heterocycles. The maximum absolute atomic E-state index is 12.6. The first-order valence-electron chi connectivity index (χ1n) is 9.03. The van der Waals surface area contributed by atoms with E-state index < -0.39 is 5.60 Å². The molecule has 1 amide bonds. The summed E-state index contributed by atoms with van der Waals surface area (Å²) in [6.07, 6.45) is 9.22. The van der Waals surface area contributed by atoms with Crippen molar-refractivity contribution >= 4 is 11.7 Å². The van der Waals surface area contributed by atoms with Gasteiger partial charge in [-0.05, 0) is 25.3 Å². The first kappa shape index (κ1) is 18.3. The van der Waals surface area contributed by atoms with Crippen LogP contribution in [0.15, 0.2) is 30.9 Å². The molecule has 26 heavy (non-hydrogen) atoms. The largest absolute Gasteiger partial charge is 0.386 e. The zero-order valence-corrected chi connectivity index (χ0v) is 15.4. The van der Waals surface area contributed by atoms with Gasteiger partial charge in [-0.25, -0.2) is 4.98 Å². The number of carbonyl (C=O) groups is 1. The summed E-state index contributed by atoms with van der Waals surface area (Å²) < 4.78 is 1.77. The maximum atomic E-state index is 12.6. The Labute approximate surface area is 153 Å². The van der Waals surface area contributed by atoms with E-state index in [-0.39, 0.29) is 12.5 Å². The summed E-state index contributed by atoms with van der Waals surface area (Å²) in [7, 11) is 1.71. The highest BCUT2D eigenvalue weighted by atomic mass is 16.3. The number of aromatic nitrogens is 4. The highest BCUT2D eigenvalue weighted by Gasteiger charge is 2.36. The molecule has 0 aromatic carbocycles. The van der Waals surface area contributed by atoms with Gasteiger partial charge < -0.3 is 14.9 Å². The Morgan fingerprint density at radius 2 is 2.27 bits per heavy atom. The van der Waals surface area contributed by atoms with Crippen molar-refractivity contribution in [3.8, 4) is 0 Å². The van der Waals surface area contributed by atoms with Gasteiger partial charge in [0.1, 0.15) is 11.5 Å². The van der Waals surface area contributed by atoms with Gasteiger partial charge in [-0.15, -0.1) is 0 Å². The van der Waals surface area contributed by atoms with Crippen LogP contribution in [0, 0.1) is 0 Å². The van der Waals surface area contributed by atoms with E-state index in [1.54, 1.807) is 41.3 Å². The smallest absolute Gasteiger partial charge is 0.274 e. The van der Waals surface area contributed by atoms with Crippen LogP contribution in [-0.2, 0) is 6.54 Å². The monoisotopic (exact) mass is 358 g/mol. The molecule has 0 aliphatic carbocycles. The van der Waals surface area contributed by atoms with Crippen molar-refractivity contribution < 1.29 is 9.90 Å². The summed E-state index contributed by atoms with van der Waals surface area (Å²) in [4.78, 5) is 24.6. The van der Waals surface area contributed by atoms with Gasteiger partial charge >= 0.3 is 0 Å². The van der Waals surface area contributed by atoms with Crippen molar-refractivity contribution in [2.45, 2.75) is 38.3 Å². The molecule has 0 radical (unpaired) electrons. The van der Waals surface area contributed by atoms with Gasteiger partial charge in [0.2, 0.25) is 0 Å². The van der Waals surface area contributed by atoms with Gasteiger partial charge in [0.05, 0.1) is 18.3 Å². The first-order valence-corrected chi connectivity index (χ1v) is 9.03. The van der Waals surface area contributed by atoms with E-state index in [4.69, 9.17) is 0 Å². The summed E-state index contributed by atoms with van der Waals surface area (Å²) in [6.45, 7) is 4.35. The van der Waals surface area contributed by atoms with Gasteiger partial charge in [-0.3, -0.25) is 14.5 Å². The third-order valence-corrected chi connectivity index (χ3v) is 4.62. The van der Waals surface area contributed by atoms with Crippen molar-refractivity contribution in [3.63, 3.8) is 0 Å². The third kappa shape index (κ3) is 4.19. The maximum Gasteiger partial charge on any atom is 0.274 e. The van der Waals surface area contributed by atoms with E-state index in [2.05, 4.69) is 22.0 Å². The molecule has 1 saturated heterocycles. The SMILES string of the molecule is CCCn1ccc(C(=O)N(C)C[C@]2(O)CCCN(c3cnccn3)C2)n1. The minimum Gasteiger partial charge on any atom is -0.386 e. The van der Waals surface area contributed by atoms with Gasteiger partial charge in [0, 0.05) is 45.3 Å². The Hall–Kier alpha value is -2.48. The molecule has 8 heteroatoms. The Balaban J connectivity index is 1.65. The topological polar surface area (TPSA) is 87.4 Å². The van der Waals surface area contributed by atoms with Crippen LogP contribution in [0.2, 0.25) is 0 Å². The standard InChI is InChI=1S/C18H26N6O2/c1-3-9-24-11-5-15(21-24)17(25)22(2)13-18(26)6-4-10-23(14-18)16-12-19-7-8-20-16/h5,7-8,11-12,26H,3-4,6,9-10,13-14H2,1-2H3/t18-/m1/s1. The number of β-amino-alcohol motifs (C(OH)–C–C–N with tert-alkyl or cyclic N) is 1. The summed E-state index contributed by atoms with van der Waals surface area (Å²) in [5, 5.41) is 15.4. The number of anilines is 1. The fourth-order valence-corrected chi connectivity index (χ4v) is 3.43. The number of carbonyl (C=O) groups excluding carboxylic acids is 1. The van der Waals surface area contributed by atoms with Crippen molar-refractivity contribution in [1.29, 1.82) is 0 Å². The van der Waals surface area contributed by atoms with Crippen LogP contribution in [0.1, 0.15) is 36.7 Å². The molecule has 2 aromatic rings. The van der Waals surface area contributed by atoms with Crippen molar-refractivity contribution in [2.75, 3.05) is 31.6 Å². The minimum atomic E-state index is -0.980. The number of likely N-dealkylation sites (N-methyl/N-ethyl adjacent to an activating group) is 1. The number of amides is 1. The van der Waals surface area contributed by atoms with Crippen LogP contribution in [-0.4, -0.2) is 67.9 Å². The van der Waals surface area contributed by atoms with Gasteiger partial charge in [-0.2, -0.15) is 5.10 Å². The summed E-state index contributed by atoms with van der Waals surface area (Å²) in [6, 6.07) is 1.73. The quantitative estimate of drug-likeness (QED) is 0.834. The molecule has 2 aromatic heterocycles. The van der Waals surface area contributed by atoms with Crippen molar-refractivity contribution in [3.05, 3.63) is 36.5 Å². The second-order valence-electron chi connectivity index (χ2n) is 6.94. The van der Waals surface area contributed by atoms with Gasteiger partial charge in [0.15, 0.2) is 0 Å². The molecule has 1 aliphatic rings. The number of hydrogen-bond acceptors (Lipinski definition) is 6. The molecule has 8 nitrogen and oxygen atoms in total. The molecule has 1 aliphatic heterocycles. The molecule has 0 bridgehead atoms. The Bertz CT molecular complexity index is 734. The van der Waals surface area contributed by atoms with Gasteiger partial charge in [-0.1, -0.05) is 6.92 Å². The Morgan fingerprint density at radius 3 is 3.00 bits per heavy atom. The molecule has 0 spiro atoms. The minimum absolute atomic E-state index is 0.176. The van der Waals surface area contributed by atoms with Crippen LogP contribution in [0.4, 0.5) is 5.82 Å². The van der Waals surface area contributed by atoms with E-state index in [1.165, 1.54) is 0 Å². The van der Waals surface area contributed by atoms with Crippen LogP contribution < -0.4 is 4.90 Å². The fraction of sp³-hybridized carbons (Fsp3) is 0.556. The second kappa shape index (κ2) is 7.82. The highest BCUT2D eigenvalue weighted by Crippen LogP contribution is 2.25. The Morgan fingerprint density at radius 1 is 1.42 bits per heavy atom. The number of nitrogens with zero attached hydrogens (tertiary/aromatic N) is 6. The molecular formula is C18H26N6O2. The van der Waals surface area contributed by atoms with Gasteiger partial charge in [0.25, 0.3) is 5.91 Å². The number of aryl methyl sites for hydroxylation is 1. The number of piperidine rings is 1. The number of hydrogen-bond donors (Lipinski definition) is 1. The molecule has 140 valence electrons. The lowest BCUT2D eigenvalue weighted by Crippen LogP contribution is -2.55. The normalized spacial score (nSPS) is 20.2. The molecule has 1 fully saturated rings. The zero-order chi connectivity index (χ0) is 18.6. The summed E-state index contributed by atoms with van der Waals surface area (Å²) >= 11 is 0. The lowest BCUT2D eigenvalue weighted by Gasteiger charge is -2.41. The zero-order valence-electron chi connectivity index (χ0n) is 15.4. The van der Waals surface area contributed by atoms with Crippen LogP contribution in [0.25, 0.3) is 0 Å². The summed E-state index contributed by atoms with van der Waals surface area (Å²) in [5.74, 6) is 0.572. The molecule has 0 saturated carbocycles. The van der Waals surface area contributed by atoms with E-state index in [1.807, 2.05) is 11.1 Å². The van der Waals surface area contributed by atoms with E-state index in [0.29, 0.717) is 18.7 Å². The Kier molecular flexibility index (Phi) is 5.51. The van der Waals surface area contributed by atoms with E-state index >= 15 is 0 Å². The first-order chi connectivity index (χ1) is 12.5. The van der Waals surface area contributed by atoms with Crippen LogP contribution in [0.5, 0.6) is 0 Å². The third-order valence-electron chi connectivity index (χ3n) is 4.62. The fourth-order valence-electron chi connectivity index (χ4n) is 3.43. The van der Waals surface area contributed by atoms with Crippen LogP contribution >= 0.6 is 0 Å². The lowest BCUT2D eigenvalue weighted by molar-refractivity contribution is -0.000309. The number of rotatable bonds is 6. The summed E-state index contributed by atoms with van der Waals surface area (Å²) in [5.41, 5.74) is -0.572. The highest BCUT2D eigenvalue weighted by molar-refractivity contribution is 5.92. The predicted octanol–water partition coefficient (Wildman–Crippen LogP) is 1.19. The lowest BCUT2D eigenvalue weighted by atomic mass is 9.92. The second-order valence-corrected chi connectivity index (χ2v) is 6.94. The van der Waals surface area contributed by atoms with Crippen LogP contribution in [0.3, 0.4) is 0 Å². The van der Waals surface area contributed by atoms with E-state index in [9.17, 15) is 9.90 Å². The number of aliphatic hydroxyl groups is 1. The molecular weight excluding hydrogens is 332 g/mol. The predicted molar refractivity (Wildman–Crippen MR) is 97.9 cm³/mol. The van der Waals surface area contributed by atoms with E-state index in [0.717, 1.165) is 31.7 Å². The molecule has 1 atom stereocenters. The molecule has 3 rings (SSSR count). The molecule has 0 unspecified atom stereocenters. The van der Waals surface area contributed by atoms with Crippen molar-refractivity contribution in [1.82, 2.24) is 24.6 Å². The van der Waals surface area contributed by atoms with Crippen molar-refractivity contribution in [2.24, 2.45) is 0 Å². The average molecular weight is 358 g/mol.